The van der Waals surface area contributed by atoms with Crippen molar-refractivity contribution in [3.05, 3.63) is 43.5 Å². The first-order valence-electron chi connectivity index (χ1n) is 4.80. The van der Waals surface area contributed by atoms with Gasteiger partial charge in [0.25, 0.3) is 11.6 Å². The van der Waals surface area contributed by atoms with Crippen molar-refractivity contribution in [2.75, 3.05) is 5.32 Å². The molecule has 1 aliphatic rings. The highest BCUT2D eigenvalue weighted by atomic mass is 127. The largest absolute Gasteiger partial charge is 0.316 e. The number of carbonyl (C=O) groups is 1. The summed E-state index contributed by atoms with van der Waals surface area (Å²) in [5.74, 6) is -0.282. The molecule has 3 rings (SSSR count). The molecule has 84 valence electrons. The van der Waals surface area contributed by atoms with Crippen LogP contribution in [-0.4, -0.2) is 10.8 Å². The van der Waals surface area contributed by atoms with Crippen LogP contribution in [0, 0.1) is 13.7 Å². The molecule has 5 nitrogen and oxygen atoms in total. The van der Waals surface area contributed by atoms with Crippen molar-refractivity contribution in [2.45, 2.75) is 0 Å². The molecule has 1 aliphatic heterocycles. The van der Waals surface area contributed by atoms with Crippen LogP contribution in [0.5, 0.6) is 0 Å². The molecule has 6 heteroatoms. The number of hydrogen-bond acceptors (Lipinski definition) is 3. The summed E-state index contributed by atoms with van der Waals surface area (Å²) in [6, 6.07) is 6.79. The van der Waals surface area contributed by atoms with Gasteiger partial charge in [-0.25, -0.2) is 0 Å². The predicted octanol–water partition coefficient (Wildman–Crippen LogP) is 2.92. The number of anilines is 1. The second kappa shape index (κ2) is 3.39. The van der Waals surface area contributed by atoms with E-state index in [-0.39, 0.29) is 11.6 Å². The zero-order valence-electron chi connectivity index (χ0n) is 8.36. The number of hydrogen-bond donors (Lipinski definition) is 1. The molecule has 0 fully saturated rings. The highest BCUT2D eigenvalue weighted by molar-refractivity contribution is 14.1. The van der Waals surface area contributed by atoms with E-state index < -0.39 is 4.92 Å². The number of nitrogens with one attached hydrogen (secondary N) is 1. The molecule has 0 aromatic heterocycles. The van der Waals surface area contributed by atoms with E-state index in [0.29, 0.717) is 16.6 Å². The molecule has 1 amide bonds. The summed E-state index contributed by atoms with van der Waals surface area (Å²) >= 11 is 2.04. The van der Waals surface area contributed by atoms with E-state index >= 15 is 0 Å². The third-order valence-electron chi connectivity index (χ3n) is 2.77. The van der Waals surface area contributed by atoms with E-state index in [2.05, 4.69) is 5.32 Å². The van der Waals surface area contributed by atoms with Gasteiger partial charge in [-0.1, -0.05) is 12.1 Å². The number of nitrogens with zero attached hydrogens (tertiary/aromatic N) is 1. The summed E-state index contributed by atoms with van der Waals surface area (Å²) in [4.78, 5) is 22.2. The smallest absolute Gasteiger partial charge is 0.294 e. The van der Waals surface area contributed by atoms with Gasteiger partial charge in [0.1, 0.15) is 5.69 Å². The van der Waals surface area contributed by atoms with Crippen LogP contribution in [-0.2, 0) is 0 Å². The molecule has 2 aromatic rings. The van der Waals surface area contributed by atoms with E-state index in [9.17, 15) is 14.9 Å². The van der Waals surface area contributed by atoms with Gasteiger partial charge in [-0.05, 0) is 34.0 Å². The topological polar surface area (TPSA) is 72.2 Å². The van der Waals surface area contributed by atoms with Crippen molar-refractivity contribution in [1.82, 2.24) is 0 Å². The fourth-order valence-corrected chi connectivity index (χ4v) is 2.80. The summed E-state index contributed by atoms with van der Waals surface area (Å²) in [7, 11) is 0. The number of halogens is 1. The van der Waals surface area contributed by atoms with E-state index in [4.69, 9.17) is 0 Å². The van der Waals surface area contributed by atoms with E-state index in [1.165, 1.54) is 6.07 Å². The molecule has 0 aliphatic carbocycles. The predicted molar refractivity (Wildman–Crippen MR) is 71.3 cm³/mol. The minimum Gasteiger partial charge on any atom is -0.316 e. The Labute approximate surface area is 109 Å². The fourth-order valence-electron chi connectivity index (χ4n) is 2.06. The molecule has 1 N–H and O–H groups in total. The monoisotopic (exact) mass is 340 g/mol. The van der Waals surface area contributed by atoms with Crippen LogP contribution in [0.25, 0.3) is 10.8 Å². The zero-order chi connectivity index (χ0) is 12.2. The average Bonchev–Trinajstić information content (AvgIpc) is 2.63. The van der Waals surface area contributed by atoms with Crippen molar-refractivity contribution >= 4 is 50.6 Å². The first kappa shape index (κ1) is 10.5. The average molecular weight is 340 g/mol. The lowest BCUT2D eigenvalue weighted by molar-refractivity contribution is -0.383. The second-order valence-corrected chi connectivity index (χ2v) is 4.85. The lowest BCUT2D eigenvalue weighted by Gasteiger charge is -2.03. The molecule has 2 aromatic carbocycles. The maximum absolute atomic E-state index is 11.7. The summed E-state index contributed by atoms with van der Waals surface area (Å²) in [6.45, 7) is 0. The highest BCUT2D eigenvalue weighted by Gasteiger charge is 2.29. The first-order valence-corrected chi connectivity index (χ1v) is 5.88. The van der Waals surface area contributed by atoms with E-state index in [0.717, 1.165) is 8.96 Å². The number of nitro groups is 1. The third-order valence-corrected chi connectivity index (χ3v) is 3.66. The first-order chi connectivity index (χ1) is 8.09. The Kier molecular flexibility index (Phi) is 2.09. The van der Waals surface area contributed by atoms with Crippen LogP contribution in [0.4, 0.5) is 11.4 Å². The lowest BCUT2D eigenvalue weighted by atomic mass is 10.0. The summed E-state index contributed by atoms with van der Waals surface area (Å²) < 4.78 is 0.770. The van der Waals surface area contributed by atoms with Gasteiger partial charge in [-0.15, -0.1) is 0 Å². The minimum atomic E-state index is -0.473. The Morgan fingerprint density at radius 3 is 2.82 bits per heavy atom. The quantitative estimate of drug-likeness (QED) is 0.493. The molecular weight excluding hydrogens is 335 g/mol. The van der Waals surface area contributed by atoms with E-state index in [1.807, 2.05) is 28.7 Å². The zero-order valence-corrected chi connectivity index (χ0v) is 10.5. The van der Waals surface area contributed by atoms with Gasteiger partial charge in [0.05, 0.1) is 4.92 Å². The molecule has 0 unspecified atom stereocenters. The highest BCUT2D eigenvalue weighted by Crippen LogP contribution is 2.41. The van der Waals surface area contributed by atoms with Crippen LogP contribution >= 0.6 is 22.6 Å². The van der Waals surface area contributed by atoms with Gasteiger partial charge >= 0.3 is 0 Å². The molecule has 17 heavy (non-hydrogen) atoms. The lowest BCUT2D eigenvalue weighted by Crippen LogP contribution is -2.05. The van der Waals surface area contributed by atoms with E-state index in [1.54, 1.807) is 12.1 Å². The van der Waals surface area contributed by atoms with Gasteiger partial charge in [0.2, 0.25) is 0 Å². The van der Waals surface area contributed by atoms with Gasteiger partial charge < -0.3 is 5.32 Å². The number of carbonyl (C=O) groups excluding carboxylic acids is 1. The summed E-state index contributed by atoms with van der Waals surface area (Å²) in [5.41, 5.74) is 0.755. The van der Waals surface area contributed by atoms with Crippen LogP contribution in [0.1, 0.15) is 10.4 Å². The number of benzene rings is 2. The maximum atomic E-state index is 11.7. The molecule has 0 saturated heterocycles. The number of rotatable bonds is 1. The third kappa shape index (κ3) is 1.33. The molecule has 0 spiro atoms. The molecule has 0 saturated carbocycles. The fraction of sp³-hybridized carbons (Fsp3) is 0. The Morgan fingerprint density at radius 1 is 1.35 bits per heavy atom. The SMILES string of the molecule is O=C1Nc2c([N+](=O)[O-])cc(I)c3cccc1c23. The van der Waals surface area contributed by atoms with Crippen molar-refractivity contribution in [2.24, 2.45) is 0 Å². The Bertz CT molecular complexity index is 697. The second-order valence-electron chi connectivity index (χ2n) is 3.69. The molecule has 0 atom stereocenters. The number of amides is 1. The van der Waals surface area contributed by atoms with Crippen molar-refractivity contribution in [1.29, 1.82) is 0 Å². The van der Waals surface area contributed by atoms with Crippen LogP contribution in [0.3, 0.4) is 0 Å². The van der Waals surface area contributed by atoms with Gasteiger partial charge in [-0.2, -0.15) is 0 Å². The van der Waals surface area contributed by atoms with Gasteiger partial charge in [0, 0.05) is 20.6 Å². The molecular formula is C11H5IN2O3. The summed E-state index contributed by atoms with van der Waals surface area (Å²) in [5, 5.41) is 15.0. The Morgan fingerprint density at radius 2 is 2.12 bits per heavy atom. The number of nitro benzene ring substituents is 1. The molecule has 0 bridgehead atoms. The van der Waals surface area contributed by atoms with Crippen molar-refractivity contribution < 1.29 is 9.72 Å². The summed E-state index contributed by atoms with van der Waals surface area (Å²) in [6.07, 6.45) is 0. The standard InChI is InChI=1S/C11H5IN2O3/c12-7-4-8(14(16)17)10-9-5(7)2-1-3-6(9)11(15)13-10/h1-4H,(H,13,15). The van der Waals surface area contributed by atoms with Crippen LogP contribution < -0.4 is 5.32 Å². The minimum absolute atomic E-state index is 0.0554. The van der Waals surface area contributed by atoms with Crippen LogP contribution in [0.15, 0.2) is 24.3 Å². The van der Waals surface area contributed by atoms with Gasteiger partial charge in [-0.3, -0.25) is 14.9 Å². The normalized spacial score (nSPS) is 12.9. The maximum Gasteiger partial charge on any atom is 0.294 e. The van der Waals surface area contributed by atoms with Crippen molar-refractivity contribution in [3.8, 4) is 0 Å². The Balaban J connectivity index is 2.54. The van der Waals surface area contributed by atoms with Crippen molar-refractivity contribution in [3.63, 3.8) is 0 Å². The molecule has 0 radical (unpaired) electrons. The molecule has 1 heterocycles. The Hall–Kier alpha value is -1.70. The van der Waals surface area contributed by atoms with Crippen LogP contribution in [0.2, 0.25) is 0 Å². The van der Waals surface area contributed by atoms with Gasteiger partial charge in [0.15, 0.2) is 0 Å².